The van der Waals surface area contributed by atoms with E-state index in [4.69, 9.17) is 4.74 Å². The third-order valence-electron chi connectivity index (χ3n) is 6.14. The summed E-state index contributed by atoms with van der Waals surface area (Å²) in [5, 5.41) is 4.56. The van der Waals surface area contributed by atoms with Crippen LogP contribution in [0.2, 0.25) is 0 Å². The van der Waals surface area contributed by atoms with Crippen LogP contribution < -0.4 is 4.74 Å². The number of amides is 1. The number of likely N-dealkylation sites (tertiary alicyclic amines) is 1. The maximum Gasteiger partial charge on any atom is 0.272 e. The van der Waals surface area contributed by atoms with Gasteiger partial charge in [-0.05, 0) is 75.0 Å². The largest absolute Gasteiger partial charge is 0.497 e. The summed E-state index contributed by atoms with van der Waals surface area (Å²) < 4.78 is 7.00. The van der Waals surface area contributed by atoms with Crippen LogP contribution in [-0.4, -0.2) is 65.8 Å². The van der Waals surface area contributed by atoms with Gasteiger partial charge in [0.2, 0.25) is 0 Å². The van der Waals surface area contributed by atoms with Gasteiger partial charge in [-0.15, -0.1) is 0 Å². The van der Waals surface area contributed by atoms with E-state index in [0.29, 0.717) is 24.1 Å². The monoisotopic (exact) mass is 412 g/mol. The van der Waals surface area contributed by atoms with Crippen LogP contribution in [0.15, 0.2) is 30.3 Å². The van der Waals surface area contributed by atoms with Crippen molar-refractivity contribution in [3.63, 3.8) is 0 Å². The zero-order valence-corrected chi connectivity index (χ0v) is 19.1. The van der Waals surface area contributed by atoms with Crippen molar-refractivity contribution in [1.29, 1.82) is 0 Å². The fraction of sp³-hybridized carbons (Fsp3) is 0.583. The van der Waals surface area contributed by atoms with Crippen molar-refractivity contribution in [3.8, 4) is 5.75 Å². The summed E-state index contributed by atoms with van der Waals surface area (Å²) in [6.45, 7) is 7.95. The van der Waals surface area contributed by atoms with Crippen LogP contribution in [0, 0.1) is 5.92 Å². The molecular formula is C24H36N4O2. The number of aryl methyl sites for hydroxylation is 1. The third kappa shape index (κ3) is 5.63. The average molecular weight is 413 g/mol. The Bertz CT molecular complexity index is 820. The van der Waals surface area contributed by atoms with E-state index in [1.165, 1.54) is 5.56 Å². The molecule has 0 atom stereocenters. The molecule has 1 fully saturated rings. The quantitative estimate of drug-likeness (QED) is 0.665. The number of rotatable bonds is 8. The summed E-state index contributed by atoms with van der Waals surface area (Å²) in [6.07, 6.45) is 3.12. The highest BCUT2D eigenvalue weighted by molar-refractivity contribution is 5.92. The van der Waals surface area contributed by atoms with Gasteiger partial charge in [0.25, 0.3) is 5.91 Å². The second-order valence-electron chi connectivity index (χ2n) is 8.83. The van der Waals surface area contributed by atoms with Crippen molar-refractivity contribution in [2.24, 2.45) is 13.0 Å². The molecule has 1 amide bonds. The van der Waals surface area contributed by atoms with Gasteiger partial charge in [0.1, 0.15) is 11.4 Å². The number of methoxy groups -OCH3 is 1. The third-order valence-corrected chi connectivity index (χ3v) is 6.14. The van der Waals surface area contributed by atoms with E-state index < -0.39 is 0 Å². The smallest absolute Gasteiger partial charge is 0.272 e. The first kappa shape index (κ1) is 22.3. The fourth-order valence-electron chi connectivity index (χ4n) is 4.02. The van der Waals surface area contributed by atoms with E-state index in [1.54, 1.807) is 11.8 Å². The first-order chi connectivity index (χ1) is 14.4. The Morgan fingerprint density at radius 2 is 1.87 bits per heavy atom. The minimum Gasteiger partial charge on any atom is -0.497 e. The van der Waals surface area contributed by atoms with Gasteiger partial charge in [0.05, 0.1) is 12.8 Å². The van der Waals surface area contributed by atoms with Gasteiger partial charge in [-0.1, -0.05) is 26.0 Å². The number of ether oxygens (including phenoxy) is 1. The summed E-state index contributed by atoms with van der Waals surface area (Å²) in [7, 11) is 5.72. The molecule has 6 nitrogen and oxygen atoms in total. The molecule has 2 aromatic rings. The van der Waals surface area contributed by atoms with Crippen LogP contribution in [0.4, 0.5) is 0 Å². The SMILES string of the molecule is COc1ccc(CCN(CC2CCN(C)CC2)C(=O)c2cc(C(C)C)nn2C)cc1. The first-order valence-electron chi connectivity index (χ1n) is 11.0. The Morgan fingerprint density at radius 1 is 1.20 bits per heavy atom. The van der Waals surface area contributed by atoms with Crippen molar-refractivity contribution in [1.82, 2.24) is 19.6 Å². The first-order valence-corrected chi connectivity index (χ1v) is 11.0. The fourth-order valence-corrected chi connectivity index (χ4v) is 4.02. The normalized spacial score (nSPS) is 15.5. The van der Waals surface area contributed by atoms with E-state index in [9.17, 15) is 4.79 Å². The number of nitrogens with zero attached hydrogens (tertiary/aromatic N) is 4. The van der Waals surface area contributed by atoms with Crippen LogP contribution >= 0.6 is 0 Å². The lowest BCUT2D eigenvalue weighted by Crippen LogP contribution is -2.41. The maximum atomic E-state index is 13.5. The van der Waals surface area contributed by atoms with E-state index >= 15 is 0 Å². The Hall–Kier alpha value is -2.34. The second-order valence-corrected chi connectivity index (χ2v) is 8.83. The number of aromatic nitrogens is 2. The lowest BCUT2D eigenvalue weighted by atomic mass is 9.96. The van der Waals surface area contributed by atoms with Crippen LogP contribution in [0.1, 0.15) is 54.4 Å². The predicted octanol–water partition coefficient (Wildman–Crippen LogP) is 3.58. The Kier molecular flexibility index (Phi) is 7.53. The lowest BCUT2D eigenvalue weighted by Gasteiger charge is -2.33. The minimum absolute atomic E-state index is 0.0874. The van der Waals surface area contributed by atoms with Gasteiger partial charge in [-0.3, -0.25) is 9.48 Å². The molecule has 6 heteroatoms. The Morgan fingerprint density at radius 3 is 2.43 bits per heavy atom. The second kappa shape index (κ2) is 10.1. The summed E-state index contributed by atoms with van der Waals surface area (Å²) in [5.74, 6) is 1.80. The molecule has 1 aromatic carbocycles. The molecule has 30 heavy (non-hydrogen) atoms. The van der Waals surface area contributed by atoms with Gasteiger partial charge >= 0.3 is 0 Å². The van der Waals surface area contributed by atoms with E-state index in [2.05, 4.69) is 43.0 Å². The summed E-state index contributed by atoms with van der Waals surface area (Å²) >= 11 is 0. The van der Waals surface area contributed by atoms with Gasteiger partial charge in [-0.2, -0.15) is 5.10 Å². The van der Waals surface area contributed by atoms with Crippen LogP contribution in [0.3, 0.4) is 0 Å². The molecule has 0 spiro atoms. The zero-order valence-electron chi connectivity index (χ0n) is 19.1. The average Bonchev–Trinajstić information content (AvgIpc) is 3.14. The van der Waals surface area contributed by atoms with Crippen molar-refractivity contribution >= 4 is 5.91 Å². The van der Waals surface area contributed by atoms with Crippen LogP contribution in [0.25, 0.3) is 0 Å². The molecule has 0 N–H and O–H groups in total. The minimum atomic E-state index is 0.0874. The molecule has 3 rings (SSSR count). The Balaban J connectivity index is 1.74. The number of hydrogen-bond donors (Lipinski definition) is 0. The highest BCUT2D eigenvalue weighted by atomic mass is 16.5. The van der Waals surface area contributed by atoms with E-state index in [1.807, 2.05) is 30.1 Å². The highest BCUT2D eigenvalue weighted by Crippen LogP contribution is 2.21. The van der Waals surface area contributed by atoms with Crippen molar-refractivity contribution in [3.05, 3.63) is 47.3 Å². The summed E-state index contributed by atoms with van der Waals surface area (Å²) in [5.41, 5.74) is 2.86. The molecule has 1 aliphatic rings. The van der Waals surface area contributed by atoms with Crippen LogP contribution in [-0.2, 0) is 13.5 Å². The van der Waals surface area contributed by atoms with E-state index in [-0.39, 0.29) is 5.91 Å². The maximum absolute atomic E-state index is 13.5. The topological polar surface area (TPSA) is 50.6 Å². The molecule has 1 aromatic heterocycles. The highest BCUT2D eigenvalue weighted by Gasteiger charge is 2.25. The molecule has 0 unspecified atom stereocenters. The van der Waals surface area contributed by atoms with Crippen molar-refractivity contribution in [2.75, 3.05) is 40.3 Å². The molecular weight excluding hydrogens is 376 g/mol. The number of benzene rings is 1. The van der Waals surface area contributed by atoms with Gasteiger partial charge in [0, 0.05) is 20.1 Å². The molecule has 1 saturated heterocycles. The molecule has 2 heterocycles. The van der Waals surface area contributed by atoms with Crippen molar-refractivity contribution < 1.29 is 9.53 Å². The summed E-state index contributed by atoms with van der Waals surface area (Å²) in [6, 6.07) is 10.1. The Labute approximate surface area is 180 Å². The van der Waals surface area contributed by atoms with Crippen LogP contribution in [0.5, 0.6) is 5.75 Å². The lowest BCUT2D eigenvalue weighted by molar-refractivity contribution is 0.0689. The standard InChI is InChI=1S/C24H36N4O2/c1-18(2)22-16-23(27(4)25-22)24(29)28(17-20-10-13-26(3)14-11-20)15-12-19-6-8-21(30-5)9-7-19/h6-9,16,18,20H,10-15,17H2,1-5H3. The molecule has 0 radical (unpaired) electrons. The predicted molar refractivity (Wildman–Crippen MR) is 120 cm³/mol. The summed E-state index contributed by atoms with van der Waals surface area (Å²) in [4.78, 5) is 17.9. The van der Waals surface area contributed by atoms with Crippen molar-refractivity contribution in [2.45, 2.75) is 39.0 Å². The number of hydrogen-bond acceptors (Lipinski definition) is 4. The van der Waals surface area contributed by atoms with Gasteiger partial charge in [0.15, 0.2) is 0 Å². The molecule has 0 saturated carbocycles. The molecule has 1 aliphatic heterocycles. The van der Waals surface area contributed by atoms with Gasteiger partial charge < -0.3 is 14.5 Å². The van der Waals surface area contributed by atoms with E-state index in [0.717, 1.165) is 50.3 Å². The molecule has 0 bridgehead atoms. The zero-order chi connectivity index (χ0) is 21.7. The van der Waals surface area contributed by atoms with Gasteiger partial charge in [-0.25, -0.2) is 0 Å². The number of piperidine rings is 1. The number of carbonyl (C=O) groups is 1. The molecule has 164 valence electrons. The molecule has 0 aliphatic carbocycles. The number of carbonyl (C=O) groups excluding carboxylic acids is 1.